The predicted octanol–water partition coefficient (Wildman–Crippen LogP) is 4.99. The van der Waals surface area contributed by atoms with Gasteiger partial charge in [-0.25, -0.2) is 0 Å². The standard InChI is InChI=1S/C15H12BrCl2NO/c1-10-2-4-11(5-3-10)6-7-19-14(9-16)12(17)8-13(18)15(19)20/h2-8H,9H2,1H3/b7-6+. The summed E-state index contributed by atoms with van der Waals surface area (Å²) in [7, 11) is 0. The summed E-state index contributed by atoms with van der Waals surface area (Å²) in [6, 6.07) is 9.46. The van der Waals surface area contributed by atoms with Gasteiger partial charge < -0.3 is 0 Å². The molecule has 1 aromatic carbocycles. The lowest BCUT2D eigenvalue weighted by molar-refractivity contribution is 0.987. The van der Waals surface area contributed by atoms with Crippen molar-refractivity contribution >= 4 is 51.4 Å². The smallest absolute Gasteiger partial charge is 0.273 e. The average molecular weight is 373 g/mol. The van der Waals surface area contributed by atoms with E-state index >= 15 is 0 Å². The topological polar surface area (TPSA) is 22.0 Å². The van der Waals surface area contributed by atoms with E-state index in [2.05, 4.69) is 15.9 Å². The van der Waals surface area contributed by atoms with Gasteiger partial charge in [0.05, 0.1) is 10.7 Å². The first-order valence-electron chi connectivity index (χ1n) is 5.93. The fourth-order valence-corrected chi connectivity index (χ4v) is 2.99. The number of benzene rings is 1. The van der Waals surface area contributed by atoms with Gasteiger partial charge in [0.15, 0.2) is 0 Å². The molecule has 0 amide bonds. The Labute approximate surface area is 135 Å². The molecule has 0 bridgehead atoms. The lowest BCUT2D eigenvalue weighted by Gasteiger charge is -2.09. The van der Waals surface area contributed by atoms with Crippen molar-refractivity contribution in [1.82, 2.24) is 4.57 Å². The molecule has 1 aromatic heterocycles. The molecular formula is C15H12BrCl2NO. The second-order valence-electron chi connectivity index (χ2n) is 4.32. The number of aromatic nitrogens is 1. The molecule has 0 saturated heterocycles. The number of aryl methyl sites for hydroxylation is 1. The van der Waals surface area contributed by atoms with E-state index in [1.165, 1.54) is 16.2 Å². The van der Waals surface area contributed by atoms with Crippen molar-refractivity contribution in [2.75, 3.05) is 0 Å². The number of nitrogens with zero attached hydrogens (tertiary/aromatic N) is 1. The van der Waals surface area contributed by atoms with Crippen molar-refractivity contribution < 1.29 is 0 Å². The van der Waals surface area contributed by atoms with Gasteiger partial charge in [0.2, 0.25) is 0 Å². The minimum Gasteiger partial charge on any atom is -0.284 e. The van der Waals surface area contributed by atoms with Crippen LogP contribution in [0.15, 0.2) is 35.1 Å². The third-order valence-corrected chi connectivity index (χ3v) is 3.99. The van der Waals surface area contributed by atoms with Gasteiger partial charge in [-0.15, -0.1) is 0 Å². The second-order valence-corrected chi connectivity index (χ2v) is 5.70. The summed E-state index contributed by atoms with van der Waals surface area (Å²) < 4.78 is 1.46. The number of hydrogen-bond donors (Lipinski definition) is 0. The van der Waals surface area contributed by atoms with E-state index < -0.39 is 0 Å². The first-order valence-corrected chi connectivity index (χ1v) is 7.81. The van der Waals surface area contributed by atoms with Gasteiger partial charge in [0.25, 0.3) is 5.56 Å². The Morgan fingerprint density at radius 2 is 1.85 bits per heavy atom. The normalized spacial score (nSPS) is 11.2. The summed E-state index contributed by atoms with van der Waals surface area (Å²) in [5.74, 6) is 0. The first kappa shape index (κ1) is 15.4. The molecule has 0 unspecified atom stereocenters. The highest BCUT2D eigenvalue weighted by molar-refractivity contribution is 9.08. The highest BCUT2D eigenvalue weighted by Crippen LogP contribution is 2.21. The van der Waals surface area contributed by atoms with Gasteiger partial charge in [-0.3, -0.25) is 9.36 Å². The minimum atomic E-state index is -0.283. The van der Waals surface area contributed by atoms with Gasteiger partial charge in [0.1, 0.15) is 5.02 Å². The van der Waals surface area contributed by atoms with E-state index in [0.29, 0.717) is 16.0 Å². The Morgan fingerprint density at radius 1 is 1.20 bits per heavy atom. The quantitative estimate of drug-likeness (QED) is 0.696. The summed E-state index contributed by atoms with van der Waals surface area (Å²) in [4.78, 5) is 12.1. The minimum absolute atomic E-state index is 0.105. The van der Waals surface area contributed by atoms with E-state index in [4.69, 9.17) is 23.2 Å². The Bertz CT molecular complexity index is 705. The fourth-order valence-electron chi connectivity index (χ4n) is 1.73. The van der Waals surface area contributed by atoms with Crippen LogP contribution >= 0.6 is 39.1 Å². The summed E-state index contributed by atoms with van der Waals surface area (Å²) in [6.07, 6.45) is 3.53. The van der Waals surface area contributed by atoms with Crippen LogP contribution in [0.25, 0.3) is 12.3 Å². The molecule has 0 N–H and O–H groups in total. The molecule has 2 aromatic rings. The largest absolute Gasteiger partial charge is 0.284 e. The Morgan fingerprint density at radius 3 is 2.45 bits per heavy atom. The predicted molar refractivity (Wildman–Crippen MR) is 89.8 cm³/mol. The molecule has 5 heteroatoms. The SMILES string of the molecule is Cc1ccc(/C=C/n2c(CBr)c(Cl)cc(Cl)c2=O)cc1. The molecule has 0 aliphatic heterocycles. The molecular weight excluding hydrogens is 361 g/mol. The average Bonchev–Trinajstić information content (AvgIpc) is 2.43. The van der Waals surface area contributed by atoms with Crippen molar-refractivity contribution in [3.63, 3.8) is 0 Å². The molecule has 2 nitrogen and oxygen atoms in total. The third kappa shape index (κ3) is 3.35. The Hall–Kier alpha value is -1.03. The first-order chi connectivity index (χ1) is 9.52. The molecule has 0 aliphatic rings. The summed E-state index contributed by atoms with van der Waals surface area (Å²) in [5, 5.41) is 1.03. The number of pyridine rings is 1. The molecule has 2 rings (SSSR count). The van der Waals surface area contributed by atoms with Crippen molar-refractivity contribution in [2.24, 2.45) is 0 Å². The summed E-state index contributed by atoms with van der Waals surface area (Å²) >= 11 is 15.3. The van der Waals surface area contributed by atoms with Crippen LogP contribution in [0.1, 0.15) is 16.8 Å². The summed E-state index contributed by atoms with van der Waals surface area (Å²) in [5.41, 5.74) is 2.57. The number of halogens is 3. The Kier molecular flexibility index (Phi) is 5.08. The van der Waals surface area contributed by atoms with Gasteiger partial charge >= 0.3 is 0 Å². The maximum atomic E-state index is 12.1. The lowest BCUT2D eigenvalue weighted by Crippen LogP contribution is -2.19. The highest BCUT2D eigenvalue weighted by Gasteiger charge is 2.09. The fraction of sp³-hybridized carbons (Fsp3) is 0.133. The lowest BCUT2D eigenvalue weighted by atomic mass is 10.1. The van der Waals surface area contributed by atoms with Crippen molar-refractivity contribution in [3.05, 3.63) is 67.6 Å². The molecule has 104 valence electrons. The van der Waals surface area contributed by atoms with Crippen LogP contribution in [0.4, 0.5) is 0 Å². The second kappa shape index (κ2) is 6.61. The monoisotopic (exact) mass is 371 g/mol. The molecule has 20 heavy (non-hydrogen) atoms. The number of alkyl halides is 1. The molecule has 0 aliphatic carbocycles. The van der Waals surface area contributed by atoms with E-state index in [9.17, 15) is 4.79 Å². The van der Waals surface area contributed by atoms with Crippen LogP contribution in [0.5, 0.6) is 0 Å². The third-order valence-electron chi connectivity index (χ3n) is 2.86. The zero-order valence-corrected chi connectivity index (χ0v) is 13.8. The van der Waals surface area contributed by atoms with Gasteiger partial charge in [0, 0.05) is 11.5 Å². The van der Waals surface area contributed by atoms with Crippen LogP contribution in [0.3, 0.4) is 0 Å². The molecule has 0 atom stereocenters. The molecule has 0 spiro atoms. The molecule has 1 heterocycles. The van der Waals surface area contributed by atoms with Crippen molar-refractivity contribution in [1.29, 1.82) is 0 Å². The molecule has 0 radical (unpaired) electrons. The van der Waals surface area contributed by atoms with Crippen LogP contribution in [-0.4, -0.2) is 4.57 Å². The van der Waals surface area contributed by atoms with Crippen molar-refractivity contribution in [2.45, 2.75) is 12.3 Å². The maximum absolute atomic E-state index is 12.1. The number of hydrogen-bond acceptors (Lipinski definition) is 1. The van der Waals surface area contributed by atoms with Gasteiger partial charge in [-0.2, -0.15) is 0 Å². The van der Waals surface area contributed by atoms with E-state index in [1.54, 1.807) is 6.20 Å². The van der Waals surface area contributed by atoms with E-state index in [-0.39, 0.29) is 10.6 Å². The van der Waals surface area contributed by atoms with Crippen molar-refractivity contribution in [3.8, 4) is 0 Å². The zero-order chi connectivity index (χ0) is 14.7. The van der Waals surface area contributed by atoms with E-state index in [1.807, 2.05) is 37.3 Å². The van der Waals surface area contributed by atoms with Crippen LogP contribution in [0, 0.1) is 6.92 Å². The van der Waals surface area contributed by atoms with E-state index in [0.717, 1.165) is 5.56 Å². The van der Waals surface area contributed by atoms with Gasteiger partial charge in [-0.05, 0) is 24.6 Å². The van der Waals surface area contributed by atoms with Crippen LogP contribution in [0.2, 0.25) is 10.0 Å². The van der Waals surface area contributed by atoms with Crippen LogP contribution in [-0.2, 0) is 5.33 Å². The molecule has 0 fully saturated rings. The number of rotatable bonds is 3. The zero-order valence-electron chi connectivity index (χ0n) is 10.7. The van der Waals surface area contributed by atoms with Gasteiger partial charge in [-0.1, -0.05) is 69.0 Å². The summed E-state index contributed by atoms with van der Waals surface area (Å²) in [6.45, 7) is 2.03. The highest BCUT2D eigenvalue weighted by atomic mass is 79.9. The molecule has 0 saturated carbocycles. The Balaban J connectivity index is 2.47. The maximum Gasteiger partial charge on any atom is 0.273 e. The van der Waals surface area contributed by atoms with Crippen LogP contribution < -0.4 is 5.56 Å².